The number of carbonyl (C=O) groups excluding carboxylic acids is 1. The number of fused-ring (bicyclic) bond motifs is 1. The third-order valence-corrected chi connectivity index (χ3v) is 6.94. The first-order valence-corrected chi connectivity index (χ1v) is 10.3. The highest BCUT2D eigenvalue weighted by molar-refractivity contribution is 7.13. The van der Waals surface area contributed by atoms with E-state index in [0.717, 1.165) is 29.7 Å². The van der Waals surface area contributed by atoms with E-state index in [1.807, 2.05) is 9.80 Å². The highest BCUT2D eigenvalue weighted by atomic mass is 32.1. The molecule has 2 aromatic heterocycles. The van der Waals surface area contributed by atoms with Gasteiger partial charge in [-0.15, -0.1) is 22.7 Å². The minimum atomic E-state index is -4.40. The van der Waals surface area contributed by atoms with E-state index in [1.165, 1.54) is 10.4 Å². The lowest BCUT2D eigenvalue weighted by molar-refractivity contribution is -0.140. The fraction of sp³-hybridized carbons (Fsp3) is 0.529. The predicted octanol–water partition coefficient (Wildman–Crippen LogP) is 4.02. The van der Waals surface area contributed by atoms with E-state index in [-0.39, 0.29) is 11.8 Å². The maximum atomic E-state index is 12.8. The predicted molar refractivity (Wildman–Crippen MR) is 95.5 cm³/mol. The van der Waals surface area contributed by atoms with Crippen molar-refractivity contribution >= 4 is 33.7 Å². The second-order valence-corrected chi connectivity index (χ2v) is 8.49. The van der Waals surface area contributed by atoms with Gasteiger partial charge in [0.05, 0.1) is 0 Å². The number of piperidine rings is 1. The molecule has 140 valence electrons. The fourth-order valence-corrected chi connectivity index (χ4v) is 5.33. The molecule has 26 heavy (non-hydrogen) atoms. The Morgan fingerprint density at radius 2 is 1.96 bits per heavy atom. The number of hydrogen-bond donors (Lipinski definition) is 0. The van der Waals surface area contributed by atoms with Crippen LogP contribution in [0.4, 0.5) is 18.3 Å². The molecule has 2 aromatic rings. The lowest BCUT2D eigenvalue weighted by Crippen LogP contribution is -2.44. The molecule has 0 radical (unpaired) electrons. The van der Waals surface area contributed by atoms with Crippen LogP contribution in [0.5, 0.6) is 0 Å². The third-order valence-electron chi connectivity index (χ3n) is 5.02. The number of hydrogen-bond acceptors (Lipinski definition) is 5. The number of amides is 1. The summed E-state index contributed by atoms with van der Waals surface area (Å²) in [5.41, 5.74) is 0.407. The Morgan fingerprint density at radius 1 is 1.19 bits per heavy atom. The molecule has 4 nitrogen and oxygen atoms in total. The van der Waals surface area contributed by atoms with E-state index >= 15 is 0 Å². The van der Waals surface area contributed by atoms with Crippen LogP contribution in [0.2, 0.25) is 0 Å². The largest absolute Gasteiger partial charge is 0.434 e. The number of nitrogens with zero attached hydrogens (tertiary/aromatic N) is 3. The minimum absolute atomic E-state index is 0.0477. The van der Waals surface area contributed by atoms with Gasteiger partial charge in [-0.2, -0.15) is 13.2 Å². The summed E-state index contributed by atoms with van der Waals surface area (Å²) in [4.78, 5) is 21.7. The molecule has 0 unspecified atom stereocenters. The molecule has 4 heterocycles. The van der Waals surface area contributed by atoms with Gasteiger partial charge in [-0.05, 0) is 36.3 Å². The lowest BCUT2D eigenvalue weighted by atomic mass is 9.94. The van der Waals surface area contributed by atoms with Crippen molar-refractivity contribution in [2.24, 2.45) is 5.92 Å². The van der Waals surface area contributed by atoms with Gasteiger partial charge in [0, 0.05) is 42.4 Å². The molecule has 0 N–H and O–H groups in total. The number of rotatable bonds is 2. The van der Waals surface area contributed by atoms with Gasteiger partial charge >= 0.3 is 6.18 Å². The van der Waals surface area contributed by atoms with Crippen molar-refractivity contribution in [1.82, 2.24) is 9.88 Å². The molecule has 0 bridgehead atoms. The van der Waals surface area contributed by atoms with E-state index in [4.69, 9.17) is 0 Å². The molecule has 4 rings (SSSR count). The number of thiazole rings is 1. The smallest absolute Gasteiger partial charge is 0.348 e. The Kier molecular flexibility index (Phi) is 4.68. The summed E-state index contributed by atoms with van der Waals surface area (Å²) in [5, 5.41) is 3.52. The van der Waals surface area contributed by atoms with Crippen LogP contribution in [0.1, 0.15) is 29.0 Å². The summed E-state index contributed by atoms with van der Waals surface area (Å²) in [6.45, 7) is 2.57. The van der Waals surface area contributed by atoms with E-state index in [0.29, 0.717) is 37.6 Å². The van der Waals surface area contributed by atoms with E-state index in [9.17, 15) is 18.0 Å². The number of anilines is 1. The van der Waals surface area contributed by atoms with Crippen molar-refractivity contribution in [2.45, 2.75) is 32.0 Å². The van der Waals surface area contributed by atoms with Crippen LogP contribution in [0, 0.1) is 5.92 Å². The molecule has 0 saturated carbocycles. The van der Waals surface area contributed by atoms with Crippen molar-refractivity contribution in [2.75, 3.05) is 24.5 Å². The van der Waals surface area contributed by atoms with Crippen LogP contribution < -0.4 is 4.90 Å². The molecule has 0 aliphatic carbocycles. The van der Waals surface area contributed by atoms with Gasteiger partial charge in [0.25, 0.3) is 0 Å². The van der Waals surface area contributed by atoms with E-state index in [2.05, 4.69) is 16.4 Å². The summed E-state index contributed by atoms with van der Waals surface area (Å²) >= 11 is 2.76. The van der Waals surface area contributed by atoms with Gasteiger partial charge in [-0.1, -0.05) is 0 Å². The molecule has 0 spiro atoms. The number of thiophene rings is 1. The highest BCUT2D eigenvalue weighted by Crippen LogP contribution is 2.34. The van der Waals surface area contributed by atoms with Crippen molar-refractivity contribution < 1.29 is 18.0 Å². The van der Waals surface area contributed by atoms with E-state index in [1.54, 1.807) is 11.3 Å². The zero-order valence-electron chi connectivity index (χ0n) is 14.0. The number of aromatic nitrogens is 1. The second kappa shape index (κ2) is 6.84. The zero-order chi connectivity index (χ0) is 18.3. The molecule has 1 amide bonds. The Morgan fingerprint density at radius 3 is 2.65 bits per heavy atom. The molecule has 1 fully saturated rings. The van der Waals surface area contributed by atoms with E-state index < -0.39 is 11.9 Å². The SMILES string of the molecule is O=C(C1CCN(c2nc(C(F)(F)F)cs2)CC1)N1CCc2sccc2C1. The molecule has 9 heteroatoms. The normalized spacial score (nSPS) is 18.9. The quantitative estimate of drug-likeness (QED) is 0.763. The summed E-state index contributed by atoms with van der Waals surface area (Å²) in [6, 6.07) is 2.09. The standard InChI is InChI=1S/C17H18F3N3OS2/c18-17(19,20)14-10-26-16(21-14)22-5-1-11(2-6-22)15(24)23-7-3-13-12(9-23)4-8-25-13/h4,8,10-11H,1-3,5-7,9H2. The number of carbonyl (C=O) groups is 1. The monoisotopic (exact) mass is 401 g/mol. The molecular formula is C17H18F3N3OS2. The minimum Gasteiger partial charge on any atom is -0.348 e. The number of alkyl halides is 3. The van der Waals surface area contributed by atoms with Gasteiger partial charge in [-0.25, -0.2) is 4.98 Å². The van der Waals surface area contributed by atoms with Crippen LogP contribution in [0.15, 0.2) is 16.8 Å². The van der Waals surface area contributed by atoms with Gasteiger partial charge in [-0.3, -0.25) is 4.79 Å². The maximum absolute atomic E-state index is 12.8. The van der Waals surface area contributed by atoms with Crippen molar-refractivity contribution in [3.63, 3.8) is 0 Å². The van der Waals surface area contributed by atoms with Gasteiger partial charge in [0.15, 0.2) is 10.8 Å². The van der Waals surface area contributed by atoms with Crippen LogP contribution in [0.25, 0.3) is 0 Å². The molecule has 2 aliphatic rings. The average Bonchev–Trinajstić information content (AvgIpc) is 3.29. The van der Waals surface area contributed by atoms with Gasteiger partial charge in [0.2, 0.25) is 5.91 Å². The van der Waals surface area contributed by atoms with Crippen LogP contribution >= 0.6 is 22.7 Å². The van der Waals surface area contributed by atoms with Crippen LogP contribution in [-0.4, -0.2) is 35.4 Å². The molecule has 0 atom stereocenters. The first kappa shape index (κ1) is 17.8. The Labute approximate surface area is 157 Å². The van der Waals surface area contributed by atoms with Crippen LogP contribution in [0.3, 0.4) is 0 Å². The second-order valence-electron chi connectivity index (χ2n) is 6.65. The molecule has 0 aromatic carbocycles. The van der Waals surface area contributed by atoms with Crippen molar-refractivity contribution in [1.29, 1.82) is 0 Å². The van der Waals surface area contributed by atoms with Gasteiger partial charge in [0.1, 0.15) is 0 Å². The summed E-state index contributed by atoms with van der Waals surface area (Å²) < 4.78 is 38.1. The summed E-state index contributed by atoms with van der Waals surface area (Å²) in [5.74, 6) is 0.130. The highest BCUT2D eigenvalue weighted by Gasteiger charge is 2.35. The van der Waals surface area contributed by atoms with Gasteiger partial charge < -0.3 is 9.80 Å². The fourth-order valence-electron chi connectivity index (χ4n) is 3.55. The maximum Gasteiger partial charge on any atom is 0.434 e. The van der Waals surface area contributed by atoms with Crippen LogP contribution in [-0.2, 0) is 23.9 Å². The zero-order valence-corrected chi connectivity index (χ0v) is 15.6. The summed E-state index contributed by atoms with van der Waals surface area (Å²) in [6.07, 6.45) is -2.17. The van der Waals surface area contributed by atoms with Crippen molar-refractivity contribution in [3.05, 3.63) is 33.0 Å². The first-order valence-electron chi connectivity index (χ1n) is 8.53. The molecular weight excluding hydrogens is 383 g/mol. The van der Waals surface area contributed by atoms with Crippen molar-refractivity contribution in [3.8, 4) is 0 Å². The third kappa shape index (κ3) is 3.46. The Hall–Kier alpha value is -1.61. The Bertz CT molecular complexity index is 793. The summed E-state index contributed by atoms with van der Waals surface area (Å²) in [7, 11) is 0. The lowest BCUT2D eigenvalue weighted by Gasteiger charge is -2.35. The molecule has 2 aliphatic heterocycles. The molecule has 1 saturated heterocycles. The number of halogens is 3. The first-order chi connectivity index (χ1) is 12.4. The Balaban J connectivity index is 1.35. The topological polar surface area (TPSA) is 36.4 Å². The average molecular weight is 401 g/mol.